The average Bonchev–Trinajstić information content (AvgIpc) is 2.32. The van der Waals surface area contributed by atoms with E-state index in [1.54, 1.807) is 12.1 Å². The molecule has 1 aromatic carbocycles. The molecule has 0 bridgehead atoms. The molecule has 100 valence electrons. The zero-order chi connectivity index (χ0) is 12.4. The van der Waals surface area contributed by atoms with E-state index in [4.69, 9.17) is 11.6 Å². The van der Waals surface area contributed by atoms with Gasteiger partial charge in [0.05, 0.1) is 10.6 Å². The molecule has 0 aromatic heterocycles. The number of rotatable bonds is 1. The van der Waals surface area contributed by atoms with E-state index in [1.807, 2.05) is 17.0 Å². The summed E-state index contributed by atoms with van der Waals surface area (Å²) in [6.07, 6.45) is 0. The molecule has 0 spiro atoms. The minimum atomic E-state index is 0. The number of hydrogen-bond acceptors (Lipinski definition) is 2. The number of halogens is 2. The van der Waals surface area contributed by atoms with Gasteiger partial charge in [0.2, 0.25) is 0 Å². The Balaban J connectivity index is 0.00000162. The van der Waals surface area contributed by atoms with Crippen molar-refractivity contribution in [3.63, 3.8) is 0 Å². The molecule has 1 aliphatic rings. The first kappa shape index (κ1) is 15.3. The number of benzene rings is 1. The van der Waals surface area contributed by atoms with Crippen molar-refractivity contribution >= 4 is 29.9 Å². The summed E-state index contributed by atoms with van der Waals surface area (Å²) in [6, 6.07) is 7.72. The zero-order valence-electron chi connectivity index (χ0n) is 10.5. The maximum absolute atomic E-state index is 12.4. The Labute approximate surface area is 119 Å². The number of amides is 1. The summed E-state index contributed by atoms with van der Waals surface area (Å²) in [5.41, 5.74) is 0.593. The predicted molar refractivity (Wildman–Crippen MR) is 76.7 cm³/mol. The Kier molecular flexibility index (Phi) is 5.45. The summed E-state index contributed by atoms with van der Waals surface area (Å²) < 4.78 is 0. The smallest absolute Gasteiger partial charge is 0.255 e. The summed E-state index contributed by atoms with van der Waals surface area (Å²) in [6.45, 7) is 5.72. The van der Waals surface area contributed by atoms with E-state index in [9.17, 15) is 4.79 Å². The summed E-state index contributed by atoms with van der Waals surface area (Å²) in [5.74, 6) is 0.0245. The number of nitrogens with zero attached hydrogens (tertiary/aromatic N) is 1. The lowest BCUT2D eigenvalue weighted by molar-refractivity contribution is 0.0603. The summed E-state index contributed by atoms with van der Waals surface area (Å²) in [4.78, 5) is 14.3. The second-order valence-corrected chi connectivity index (χ2v) is 4.87. The van der Waals surface area contributed by atoms with Crippen LogP contribution in [0.5, 0.6) is 0 Å². The highest BCUT2D eigenvalue weighted by Crippen LogP contribution is 2.20. The summed E-state index contributed by atoms with van der Waals surface area (Å²) in [7, 11) is 0. The molecule has 1 saturated heterocycles. The van der Waals surface area contributed by atoms with Gasteiger partial charge in [-0.25, -0.2) is 0 Å². The van der Waals surface area contributed by atoms with Crippen LogP contribution < -0.4 is 5.32 Å². The van der Waals surface area contributed by atoms with Crippen LogP contribution in [-0.2, 0) is 0 Å². The number of carbonyl (C=O) groups excluding carboxylic acids is 1. The fraction of sp³-hybridized carbons (Fsp3) is 0.462. The molecule has 5 heteroatoms. The Morgan fingerprint density at radius 2 is 2.06 bits per heavy atom. The fourth-order valence-corrected chi connectivity index (χ4v) is 2.35. The van der Waals surface area contributed by atoms with E-state index in [0.717, 1.165) is 13.1 Å². The van der Waals surface area contributed by atoms with E-state index >= 15 is 0 Å². The number of nitrogens with one attached hydrogen (secondary N) is 1. The molecule has 0 saturated carbocycles. The molecule has 0 radical (unpaired) electrons. The highest BCUT2D eigenvalue weighted by Gasteiger charge is 2.29. The van der Waals surface area contributed by atoms with Crippen LogP contribution in [0, 0.1) is 0 Å². The second-order valence-electron chi connectivity index (χ2n) is 4.46. The van der Waals surface area contributed by atoms with Gasteiger partial charge in [-0.15, -0.1) is 12.4 Å². The van der Waals surface area contributed by atoms with Crippen molar-refractivity contribution in [1.82, 2.24) is 10.2 Å². The standard InChI is InChI=1S/C13H17ClN2O.ClH/c1-9-10(2)16(8-7-15-9)13(17)11-5-3-4-6-12(11)14;/h3-6,9-10,15H,7-8H2,1-2H3;1H. The SMILES string of the molecule is CC1NCCN(C(=O)c2ccccc2Cl)C1C.Cl. The maximum Gasteiger partial charge on any atom is 0.255 e. The monoisotopic (exact) mass is 288 g/mol. The molecular formula is C13H18Cl2N2O. The zero-order valence-corrected chi connectivity index (χ0v) is 12.1. The maximum atomic E-state index is 12.4. The number of carbonyl (C=O) groups is 1. The van der Waals surface area contributed by atoms with Gasteiger partial charge in [0.15, 0.2) is 0 Å². The predicted octanol–water partition coefficient (Wildman–Crippen LogP) is 2.58. The third-order valence-corrected chi connectivity index (χ3v) is 3.73. The van der Waals surface area contributed by atoms with E-state index in [2.05, 4.69) is 19.2 Å². The molecule has 1 N–H and O–H groups in total. The van der Waals surface area contributed by atoms with Crippen molar-refractivity contribution in [3.8, 4) is 0 Å². The minimum absolute atomic E-state index is 0. The second kappa shape index (κ2) is 6.41. The summed E-state index contributed by atoms with van der Waals surface area (Å²) >= 11 is 6.06. The van der Waals surface area contributed by atoms with Gasteiger partial charge in [-0.3, -0.25) is 4.79 Å². The van der Waals surface area contributed by atoms with Crippen molar-refractivity contribution in [2.75, 3.05) is 13.1 Å². The van der Waals surface area contributed by atoms with Crippen LogP contribution in [0.4, 0.5) is 0 Å². The van der Waals surface area contributed by atoms with E-state index < -0.39 is 0 Å². The van der Waals surface area contributed by atoms with Gasteiger partial charge < -0.3 is 10.2 Å². The van der Waals surface area contributed by atoms with Crippen LogP contribution in [0.1, 0.15) is 24.2 Å². The normalized spacial score (nSPS) is 23.4. The van der Waals surface area contributed by atoms with E-state index in [1.165, 1.54) is 0 Å². The van der Waals surface area contributed by atoms with Gasteiger partial charge in [0.25, 0.3) is 5.91 Å². The first-order chi connectivity index (χ1) is 8.11. The highest BCUT2D eigenvalue weighted by molar-refractivity contribution is 6.33. The average molecular weight is 289 g/mol. The Morgan fingerprint density at radius 3 is 2.72 bits per heavy atom. The molecule has 18 heavy (non-hydrogen) atoms. The molecular weight excluding hydrogens is 271 g/mol. The van der Waals surface area contributed by atoms with Crippen LogP contribution in [0.15, 0.2) is 24.3 Å². The molecule has 2 atom stereocenters. The van der Waals surface area contributed by atoms with Crippen LogP contribution in [0.25, 0.3) is 0 Å². The summed E-state index contributed by atoms with van der Waals surface area (Å²) in [5, 5.41) is 3.88. The van der Waals surface area contributed by atoms with Crippen molar-refractivity contribution < 1.29 is 4.79 Å². The number of piperazine rings is 1. The van der Waals surface area contributed by atoms with Crippen molar-refractivity contribution in [3.05, 3.63) is 34.9 Å². The van der Waals surface area contributed by atoms with Gasteiger partial charge in [0, 0.05) is 25.2 Å². The van der Waals surface area contributed by atoms with Crippen LogP contribution >= 0.6 is 24.0 Å². The minimum Gasteiger partial charge on any atom is -0.333 e. The highest BCUT2D eigenvalue weighted by atomic mass is 35.5. The molecule has 2 rings (SSSR count). The third-order valence-electron chi connectivity index (χ3n) is 3.40. The first-order valence-electron chi connectivity index (χ1n) is 5.90. The molecule has 3 nitrogen and oxygen atoms in total. The lowest BCUT2D eigenvalue weighted by Gasteiger charge is -2.38. The Hall–Kier alpha value is -0.770. The van der Waals surface area contributed by atoms with Crippen molar-refractivity contribution in [2.24, 2.45) is 0 Å². The van der Waals surface area contributed by atoms with Crippen LogP contribution in [0.2, 0.25) is 5.02 Å². The number of hydrogen-bond donors (Lipinski definition) is 1. The lowest BCUT2D eigenvalue weighted by Crippen LogP contribution is -2.57. The third kappa shape index (κ3) is 2.97. The van der Waals surface area contributed by atoms with Gasteiger partial charge in [-0.2, -0.15) is 0 Å². The van der Waals surface area contributed by atoms with Gasteiger partial charge in [-0.05, 0) is 26.0 Å². The van der Waals surface area contributed by atoms with Crippen LogP contribution in [0.3, 0.4) is 0 Å². The molecule has 2 unspecified atom stereocenters. The Morgan fingerprint density at radius 1 is 1.39 bits per heavy atom. The van der Waals surface area contributed by atoms with Crippen molar-refractivity contribution in [1.29, 1.82) is 0 Å². The molecule has 1 aromatic rings. The fourth-order valence-electron chi connectivity index (χ4n) is 2.13. The first-order valence-corrected chi connectivity index (χ1v) is 6.28. The van der Waals surface area contributed by atoms with Crippen molar-refractivity contribution in [2.45, 2.75) is 25.9 Å². The quantitative estimate of drug-likeness (QED) is 0.862. The van der Waals surface area contributed by atoms with Crippen LogP contribution in [-0.4, -0.2) is 36.0 Å². The molecule has 1 heterocycles. The molecule has 1 aliphatic heterocycles. The van der Waals surface area contributed by atoms with Gasteiger partial charge in [0.1, 0.15) is 0 Å². The lowest BCUT2D eigenvalue weighted by atomic mass is 10.1. The van der Waals surface area contributed by atoms with Gasteiger partial charge in [-0.1, -0.05) is 23.7 Å². The van der Waals surface area contributed by atoms with E-state index in [0.29, 0.717) is 16.6 Å². The van der Waals surface area contributed by atoms with Gasteiger partial charge >= 0.3 is 0 Å². The van der Waals surface area contributed by atoms with E-state index in [-0.39, 0.29) is 24.4 Å². The Bertz CT molecular complexity index is 425. The molecule has 1 amide bonds. The molecule has 0 aliphatic carbocycles. The topological polar surface area (TPSA) is 32.3 Å². The molecule has 1 fully saturated rings. The largest absolute Gasteiger partial charge is 0.333 e.